The van der Waals surface area contributed by atoms with Crippen molar-refractivity contribution in [3.8, 4) is 11.1 Å². The molecule has 3 aromatic carbocycles. The molecular formula is C36H45N5O6. The van der Waals surface area contributed by atoms with Crippen LogP contribution in [0.15, 0.2) is 72.8 Å². The fourth-order valence-electron chi connectivity index (χ4n) is 5.44. The van der Waals surface area contributed by atoms with E-state index in [9.17, 15) is 19.2 Å². The third-order valence-corrected chi connectivity index (χ3v) is 7.50. The molecule has 4 rings (SSSR count). The van der Waals surface area contributed by atoms with Crippen molar-refractivity contribution in [3.05, 3.63) is 83.9 Å². The maximum absolute atomic E-state index is 14.0. The molecule has 47 heavy (non-hydrogen) atoms. The number of alkyl carbamates (subject to hydrolysis) is 1. The van der Waals surface area contributed by atoms with Gasteiger partial charge in [-0.1, -0.05) is 60.7 Å². The largest absolute Gasteiger partial charge is 0.444 e. The molecule has 1 atom stereocenters. The lowest BCUT2D eigenvalue weighted by Gasteiger charge is -2.29. The van der Waals surface area contributed by atoms with Gasteiger partial charge in [0.1, 0.15) is 11.6 Å². The number of urea groups is 1. The Kier molecular flexibility index (Phi) is 11.3. The van der Waals surface area contributed by atoms with Gasteiger partial charge in [0.25, 0.3) is 0 Å². The number of aliphatic hydroxyl groups excluding tert-OH is 1. The zero-order valence-electron chi connectivity index (χ0n) is 27.7. The molecule has 0 aromatic heterocycles. The van der Waals surface area contributed by atoms with E-state index >= 15 is 0 Å². The third kappa shape index (κ3) is 10.0. The van der Waals surface area contributed by atoms with E-state index in [1.54, 1.807) is 45.6 Å². The van der Waals surface area contributed by atoms with Gasteiger partial charge in [0.05, 0.1) is 18.8 Å². The molecule has 0 unspecified atom stereocenters. The number of ether oxygens (including phenoxy) is 1. The second-order valence-corrected chi connectivity index (χ2v) is 13.2. The van der Waals surface area contributed by atoms with Crippen LogP contribution in [0.4, 0.5) is 21.0 Å². The van der Waals surface area contributed by atoms with Gasteiger partial charge in [0.2, 0.25) is 11.8 Å². The highest BCUT2D eigenvalue weighted by molar-refractivity contribution is 6.00. The summed E-state index contributed by atoms with van der Waals surface area (Å²) in [4.78, 5) is 53.5. The van der Waals surface area contributed by atoms with Crippen molar-refractivity contribution in [1.82, 2.24) is 16.0 Å². The van der Waals surface area contributed by atoms with Crippen LogP contribution in [0.25, 0.3) is 11.1 Å². The van der Waals surface area contributed by atoms with E-state index in [4.69, 9.17) is 9.84 Å². The molecule has 11 heteroatoms. The lowest BCUT2D eigenvalue weighted by Crippen LogP contribution is -2.52. The first-order valence-corrected chi connectivity index (χ1v) is 15.8. The summed E-state index contributed by atoms with van der Waals surface area (Å²) >= 11 is 0. The van der Waals surface area contributed by atoms with Gasteiger partial charge in [-0.3, -0.25) is 9.59 Å². The first-order valence-electron chi connectivity index (χ1n) is 15.8. The van der Waals surface area contributed by atoms with Gasteiger partial charge in [-0.15, -0.1) is 0 Å². The minimum Gasteiger partial charge on any atom is -0.444 e. The van der Waals surface area contributed by atoms with Crippen LogP contribution in [0.5, 0.6) is 0 Å². The summed E-state index contributed by atoms with van der Waals surface area (Å²) < 4.78 is 5.34. The Morgan fingerprint density at radius 3 is 2.32 bits per heavy atom. The Morgan fingerprint density at radius 2 is 1.62 bits per heavy atom. The Balaban J connectivity index is 1.49. The van der Waals surface area contributed by atoms with E-state index < -0.39 is 29.3 Å². The van der Waals surface area contributed by atoms with E-state index in [0.717, 1.165) is 27.9 Å². The normalized spacial score (nSPS) is 14.8. The number of rotatable bonds is 10. The predicted molar refractivity (Wildman–Crippen MR) is 182 cm³/mol. The lowest BCUT2D eigenvalue weighted by molar-refractivity contribution is -0.128. The smallest absolute Gasteiger partial charge is 0.408 e. The molecule has 0 bridgehead atoms. The number of aryl methyl sites for hydroxylation is 1. The third-order valence-electron chi connectivity index (χ3n) is 7.50. The zero-order valence-corrected chi connectivity index (χ0v) is 27.7. The number of anilines is 2. The first-order chi connectivity index (χ1) is 22.2. The molecule has 250 valence electrons. The highest BCUT2D eigenvalue weighted by atomic mass is 16.6. The fourth-order valence-corrected chi connectivity index (χ4v) is 5.44. The SMILES string of the molecule is CC(C)(CC(=O)N[C@@H]1CCc2ccccc2N(Cc2ccc(-c3ccccc3NC(=O)NCCO)cc2)C1=O)NC(=O)OC(C)(C)C. The summed E-state index contributed by atoms with van der Waals surface area (Å²) in [5.74, 6) is -0.564. The van der Waals surface area contributed by atoms with Crippen LogP contribution >= 0.6 is 0 Å². The average molecular weight is 644 g/mol. The highest BCUT2D eigenvalue weighted by Gasteiger charge is 2.33. The number of nitrogens with zero attached hydrogens (tertiary/aromatic N) is 1. The molecule has 0 aliphatic carbocycles. The number of para-hydroxylation sites is 2. The van der Waals surface area contributed by atoms with Crippen LogP contribution in [0.1, 0.15) is 58.6 Å². The molecule has 11 nitrogen and oxygen atoms in total. The minimum absolute atomic E-state index is 0.0378. The Morgan fingerprint density at radius 1 is 0.936 bits per heavy atom. The summed E-state index contributed by atoms with van der Waals surface area (Å²) in [5, 5.41) is 20.1. The number of carbonyl (C=O) groups is 4. The Hall–Kier alpha value is -4.90. The molecular weight excluding hydrogens is 598 g/mol. The van der Waals surface area contributed by atoms with Crippen molar-refractivity contribution in [2.45, 2.75) is 77.6 Å². The van der Waals surface area contributed by atoms with Gasteiger partial charge in [0, 0.05) is 29.8 Å². The average Bonchev–Trinajstić information content (AvgIpc) is 3.11. The topological polar surface area (TPSA) is 149 Å². The van der Waals surface area contributed by atoms with Gasteiger partial charge >= 0.3 is 12.1 Å². The van der Waals surface area contributed by atoms with Crippen molar-refractivity contribution in [2.24, 2.45) is 0 Å². The van der Waals surface area contributed by atoms with Crippen LogP contribution < -0.4 is 26.2 Å². The van der Waals surface area contributed by atoms with Gasteiger partial charge < -0.3 is 36.0 Å². The van der Waals surface area contributed by atoms with Crippen molar-refractivity contribution < 1.29 is 29.0 Å². The number of hydrogen-bond acceptors (Lipinski definition) is 6. The summed E-state index contributed by atoms with van der Waals surface area (Å²) in [6.07, 6.45) is 0.394. The summed E-state index contributed by atoms with van der Waals surface area (Å²) in [6.45, 7) is 9.05. The van der Waals surface area contributed by atoms with Crippen molar-refractivity contribution in [3.63, 3.8) is 0 Å². The maximum Gasteiger partial charge on any atom is 0.408 e. The number of amides is 5. The van der Waals surface area contributed by atoms with E-state index in [1.165, 1.54) is 0 Å². The number of carbonyl (C=O) groups excluding carboxylic acids is 4. The number of aliphatic hydroxyl groups is 1. The van der Waals surface area contributed by atoms with Gasteiger partial charge in [0.15, 0.2) is 0 Å². The fraction of sp³-hybridized carbons (Fsp3) is 0.389. The van der Waals surface area contributed by atoms with Crippen LogP contribution in [0.2, 0.25) is 0 Å². The number of nitrogens with one attached hydrogen (secondary N) is 4. The second-order valence-electron chi connectivity index (χ2n) is 13.2. The van der Waals surface area contributed by atoms with E-state index in [0.29, 0.717) is 18.5 Å². The van der Waals surface area contributed by atoms with Crippen molar-refractivity contribution in [2.75, 3.05) is 23.4 Å². The quantitative estimate of drug-likeness (QED) is 0.207. The molecule has 0 spiro atoms. The molecule has 5 N–H and O–H groups in total. The van der Waals surface area contributed by atoms with E-state index in [-0.39, 0.29) is 37.9 Å². The highest BCUT2D eigenvalue weighted by Crippen LogP contribution is 2.31. The molecule has 5 amide bonds. The molecule has 1 aliphatic rings. The number of benzene rings is 3. The summed E-state index contributed by atoms with van der Waals surface area (Å²) in [6, 6.07) is 21.8. The van der Waals surface area contributed by atoms with Gasteiger partial charge in [-0.25, -0.2) is 9.59 Å². The predicted octanol–water partition coefficient (Wildman–Crippen LogP) is 5.13. The molecule has 3 aromatic rings. The standard InChI is InChI=1S/C36H45N5O6/c1-35(2,3)47-34(46)40-36(4,5)22-31(43)38-29-19-18-26-10-6-9-13-30(26)41(32(29)44)23-24-14-16-25(17-15-24)27-11-7-8-12-28(27)39-33(45)37-20-21-42/h6-17,29,42H,18-23H2,1-5H3,(H,38,43)(H,40,46)(H2,37,39,45)/t29-/m1/s1. The monoisotopic (exact) mass is 643 g/mol. The van der Waals surface area contributed by atoms with Crippen LogP contribution in [-0.2, 0) is 27.3 Å². The molecule has 1 heterocycles. The summed E-state index contributed by atoms with van der Waals surface area (Å²) in [7, 11) is 0. The minimum atomic E-state index is -0.901. The molecule has 0 radical (unpaired) electrons. The molecule has 1 aliphatic heterocycles. The van der Waals surface area contributed by atoms with E-state index in [1.807, 2.05) is 66.7 Å². The molecule has 0 saturated heterocycles. The van der Waals surface area contributed by atoms with Crippen LogP contribution in [-0.4, -0.2) is 59.4 Å². The maximum atomic E-state index is 14.0. The first kappa shape index (κ1) is 35.0. The van der Waals surface area contributed by atoms with E-state index in [2.05, 4.69) is 21.3 Å². The Labute approximate surface area is 276 Å². The second kappa shape index (κ2) is 15.1. The van der Waals surface area contributed by atoms with Gasteiger partial charge in [-0.05, 0) is 76.3 Å². The van der Waals surface area contributed by atoms with Gasteiger partial charge in [-0.2, -0.15) is 0 Å². The van der Waals surface area contributed by atoms with Crippen LogP contribution in [0, 0.1) is 0 Å². The van der Waals surface area contributed by atoms with Crippen molar-refractivity contribution in [1.29, 1.82) is 0 Å². The zero-order chi connectivity index (χ0) is 34.2. The molecule has 0 saturated carbocycles. The number of hydrogen-bond donors (Lipinski definition) is 5. The van der Waals surface area contributed by atoms with Crippen LogP contribution in [0.3, 0.4) is 0 Å². The molecule has 0 fully saturated rings. The number of fused-ring (bicyclic) bond motifs is 1. The Bertz CT molecular complexity index is 1580. The lowest BCUT2D eigenvalue weighted by atomic mass is 9.99. The summed E-state index contributed by atoms with van der Waals surface area (Å²) in [5.41, 5.74) is 3.45. The van der Waals surface area contributed by atoms with Crippen molar-refractivity contribution >= 4 is 35.3 Å².